The molecule has 7 heteroatoms. The van der Waals surface area contributed by atoms with Crippen LogP contribution >= 0.6 is 0 Å². The molecular formula is C31H38N2O5. The van der Waals surface area contributed by atoms with Crippen LogP contribution in [0.2, 0.25) is 0 Å². The Morgan fingerprint density at radius 3 is 2.47 bits per heavy atom. The minimum atomic E-state index is -0.441. The number of methoxy groups -OCH3 is 1. The standard InChI is InChI=1S/C31H38N2O5/c1-36-29(35)24-3-2-4-26(14-24)32-28(34)19-38-27-7-5-25(6-8-27)31-17-22-13-23(18-31)16-30(15-22,20-31)21-33-9-11-37-12-10-33/h2-8,14,22-23H,9-13,15-21H2,1H3,(H,32,34). The molecule has 2 unspecified atom stereocenters. The van der Waals surface area contributed by atoms with E-state index in [0.29, 0.717) is 22.4 Å². The van der Waals surface area contributed by atoms with Crippen molar-refractivity contribution in [1.82, 2.24) is 4.90 Å². The van der Waals surface area contributed by atoms with Gasteiger partial charge in [0.25, 0.3) is 5.91 Å². The molecule has 5 aliphatic rings. The van der Waals surface area contributed by atoms with Gasteiger partial charge < -0.3 is 19.5 Å². The van der Waals surface area contributed by atoms with E-state index in [9.17, 15) is 9.59 Å². The van der Waals surface area contributed by atoms with Crippen molar-refractivity contribution in [2.45, 2.75) is 43.9 Å². The first kappa shape index (κ1) is 25.4. The maximum atomic E-state index is 12.5. The van der Waals surface area contributed by atoms with Crippen LogP contribution in [0.1, 0.15) is 54.4 Å². The highest BCUT2D eigenvalue weighted by Crippen LogP contribution is 2.66. The van der Waals surface area contributed by atoms with Gasteiger partial charge in [-0.1, -0.05) is 18.2 Å². The second kappa shape index (κ2) is 10.3. The number of morpholine rings is 1. The number of rotatable bonds is 8. The fourth-order valence-electron chi connectivity index (χ4n) is 8.30. The zero-order chi connectivity index (χ0) is 26.2. The fraction of sp³-hybridized carbons (Fsp3) is 0.548. The molecule has 2 aromatic rings. The summed E-state index contributed by atoms with van der Waals surface area (Å²) in [7, 11) is 1.33. The first-order chi connectivity index (χ1) is 18.4. The predicted molar refractivity (Wildman–Crippen MR) is 144 cm³/mol. The molecule has 1 heterocycles. The van der Waals surface area contributed by atoms with Crippen molar-refractivity contribution in [1.29, 1.82) is 0 Å². The van der Waals surface area contributed by atoms with E-state index in [-0.39, 0.29) is 17.9 Å². The summed E-state index contributed by atoms with van der Waals surface area (Å²) in [5.41, 5.74) is 3.08. The Kier molecular flexibility index (Phi) is 6.91. The molecular weight excluding hydrogens is 480 g/mol. The van der Waals surface area contributed by atoms with Gasteiger partial charge in [0.1, 0.15) is 5.75 Å². The molecule has 0 radical (unpaired) electrons. The minimum Gasteiger partial charge on any atom is -0.484 e. The summed E-state index contributed by atoms with van der Waals surface area (Å²) >= 11 is 0. The number of carbonyl (C=O) groups excluding carboxylic acids is 2. The topological polar surface area (TPSA) is 77.1 Å². The van der Waals surface area contributed by atoms with Crippen LogP contribution in [-0.4, -0.2) is 63.3 Å². The smallest absolute Gasteiger partial charge is 0.337 e. The summed E-state index contributed by atoms with van der Waals surface area (Å²) in [4.78, 5) is 26.8. The highest BCUT2D eigenvalue weighted by Gasteiger charge is 2.58. The summed E-state index contributed by atoms with van der Waals surface area (Å²) < 4.78 is 16.2. The molecule has 5 fully saturated rings. The number of anilines is 1. The number of benzene rings is 2. The highest BCUT2D eigenvalue weighted by atomic mass is 16.5. The average molecular weight is 519 g/mol. The molecule has 4 bridgehead atoms. The van der Waals surface area contributed by atoms with Crippen molar-refractivity contribution >= 4 is 17.6 Å². The van der Waals surface area contributed by atoms with Gasteiger partial charge in [-0.25, -0.2) is 4.79 Å². The predicted octanol–water partition coefficient (Wildman–Crippen LogP) is 4.66. The van der Waals surface area contributed by atoms with Gasteiger partial charge in [-0.2, -0.15) is 0 Å². The third-order valence-corrected chi connectivity index (χ3v) is 9.25. The van der Waals surface area contributed by atoms with Crippen molar-refractivity contribution in [2.75, 3.05) is 51.9 Å². The van der Waals surface area contributed by atoms with E-state index >= 15 is 0 Å². The lowest BCUT2D eigenvalue weighted by Gasteiger charge is -2.63. The van der Waals surface area contributed by atoms with Crippen molar-refractivity contribution in [3.8, 4) is 5.75 Å². The molecule has 38 heavy (non-hydrogen) atoms. The molecule has 1 aliphatic heterocycles. The van der Waals surface area contributed by atoms with Crippen molar-refractivity contribution in [3.63, 3.8) is 0 Å². The third kappa shape index (κ3) is 5.19. The lowest BCUT2D eigenvalue weighted by Crippen LogP contribution is -2.58. The van der Waals surface area contributed by atoms with E-state index in [2.05, 4.69) is 22.3 Å². The lowest BCUT2D eigenvalue weighted by atomic mass is 9.43. The van der Waals surface area contributed by atoms with Gasteiger partial charge in [-0.05, 0) is 97.1 Å². The van der Waals surface area contributed by atoms with Crippen LogP contribution in [0.15, 0.2) is 48.5 Å². The van der Waals surface area contributed by atoms with Crippen LogP contribution in [0, 0.1) is 17.3 Å². The number of amides is 1. The summed E-state index contributed by atoms with van der Waals surface area (Å²) in [6, 6.07) is 15.2. The molecule has 7 rings (SSSR count). The van der Waals surface area contributed by atoms with Gasteiger partial charge in [-0.15, -0.1) is 0 Å². The van der Waals surface area contributed by atoms with Crippen molar-refractivity contribution < 1.29 is 23.8 Å². The Labute approximate surface area is 224 Å². The number of esters is 1. The van der Waals surface area contributed by atoms with Gasteiger partial charge >= 0.3 is 5.97 Å². The Morgan fingerprint density at radius 2 is 1.76 bits per heavy atom. The molecule has 202 valence electrons. The van der Waals surface area contributed by atoms with Crippen LogP contribution in [-0.2, 0) is 19.7 Å². The zero-order valence-corrected chi connectivity index (χ0v) is 22.2. The van der Waals surface area contributed by atoms with Crippen LogP contribution in [0.4, 0.5) is 5.69 Å². The lowest BCUT2D eigenvalue weighted by molar-refractivity contribution is -0.118. The van der Waals surface area contributed by atoms with Gasteiger partial charge in [0.05, 0.1) is 25.9 Å². The molecule has 2 atom stereocenters. The monoisotopic (exact) mass is 518 g/mol. The molecule has 7 nitrogen and oxygen atoms in total. The molecule has 2 aromatic carbocycles. The first-order valence-electron chi connectivity index (χ1n) is 14.0. The van der Waals surface area contributed by atoms with E-state index in [4.69, 9.17) is 14.2 Å². The van der Waals surface area contributed by atoms with E-state index < -0.39 is 5.97 Å². The highest BCUT2D eigenvalue weighted by molar-refractivity contribution is 5.95. The van der Waals surface area contributed by atoms with Crippen molar-refractivity contribution in [3.05, 3.63) is 59.7 Å². The number of hydrogen-bond donors (Lipinski definition) is 1. The molecule has 0 spiro atoms. The Hall–Kier alpha value is -2.90. The maximum Gasteiger partial charge on any atom is 0.337 e. The van der Waals surface area contributed by atoms with Crippen LogP contribution in [0.25, 0.3) is 0 Å². The van der Waals surface area contributed by atoms with Crippen LogP contribution < -0.4 is 10.1 Å². The van der Waals surface area contributed by atoms with Crippen molar-refractivity contribution in [2.24, 2.45) is 17.3 Å². The number of hydrogen-bond acceptors (Lipinski definition) is 6. The second-order valence-electron chi connectivity index (χ2n) is 12.1. The summed E-state index contributed by atoms with van der Waals surface area (Å²) in [6.07, 6.45) is 8.09. The van der Waals surface area contributed by atoms with E-state index in [1.165, 1.54) is 57.7 Å². The van der Waals surface area contributed by atoms with Gasteiger partial charge in [0, 0.05) is 25.3 Å². The Morgan fingerprint density at radius 1 is 1.03 bits per heavy atom. The zero-order valence-electron chi connectivity index (χ0n) is 22.2. The Bertz CT molecular complexity index is 1160. The third-order valence-electron chi connectivity index (χ3n) is 9.25. The van der Waals surface area contributed by atoms with Gasteiger partial charge in [-0.3, -0.25) is 9.69 Å². The minimum absolute atomic E-state index is 0.0975. The number of nitrogens with one attached hydrogen (secondary N) is 1. The number of carbonyl (C=O) groups is 2. The molecule has 4 aliphatic carbocycles. The summed E-state index contributed by atoms with van der Waals surface area (Å²) in [5, 5.41) is 2.79. The average Bonchev–Trinajstić information content (AvgIpc) is 2.91. The molecule has 4 saturated carbocycles. The van der Waals surface area contributed by atoms with E-state index in [1.807, 2.05) is 12.1 Å². The normalized spacial score (nSPS) is 30.1. The molecule has 1 amide bonds. The van der Waals surface area contributed by atoms with Crippen LogP contribution in [0.3, 0.4) is 0 Å². The summed E-state index contributed by atoms with van der Waals surface area (Å²) in [6.45, 7) is 5.01. The fourth-order valence-corrected chi connectivity index (χ4v) is 8.30. The first-order valence-corrected chi connectivity index (χ1v) is 14.0. The molecule has 1 N–H and O–H groups in total. The van der Waals surface area contributed by atoms with E-state index in [0.717, 1.165) is 38.1 Å². The maximum absolute atomic E-state index is 12.5. The SMILES string of the molecule is COC(=O)c1cccc(NC(=O)COc2ccc(C34CC5CC(CC(CN6CCOCC6)(C5)C3)C4)cc2)c1. The number of ether oxygens (including phenoxy) is 3. The van der Waals surface area contributed by atoms with E-state index in [1.54, 1.807) is 24.3 Å². The largest absolute Gasteiger partial charge is 0.484 e. The van der Waals surface area contributed by atoms with Gasteiger partial charge in [0.2, 0.25) is 0 Å². The second-order valence-corrected chi connectivity index (χ2v) is 12.1. The number of nitrogens with zero attached hydrogens (tertiary/aromatic N) is 1. The summed E-state index contributed by atoms with van der Waals surface area (Å²) in [5.74, 6) is 1.66. The van der Waals surface area contributed by atoms with Crippen LogP contribution in [0.5, 0.6) is 5.75 Å². The van der Waals surface area contributed by atoms with Gasteiger partial charge in [0.15, 0.2) is 6.61 Å². The molecule has 1 saturated heterocycles. The Balaban J connectivity index is 1.09. The molecule has 0 aromatic heterocycles. The quantitative estimate of drug-likeness (QED) is 0.512.